The predicted octanol–water partition coefficient (Wildman–Crippen LogP) is 3.61. The fraction of sp³-hybridized carbons (Fsp3) is 0. The molecule has 2 amide bonds. The summed E-state index contributed by atoms with van der Waals surface area (Å²) in [5.41, 5.74) is 1.40. The second kappa shape index (κ2) is 6.46. The number of fused-ring (bicyclic) bond motifs is 1. The van der Waals surface area contributed by atoms with Crippen molar-refractivity contribution in [3.63, 3.8) is 0 Å². The highest BCUT2D eigenvalue weighted by Gasteiger charge is 2.44. The number of hydrogen-bond acceptors (Lipinski definition) is 3. The van der Waals surface area contributed by atoms with Gasteiger partial charge in [0.15, 0.2) is 0 Å². The van der Waals surface area contributed by atoms with Crippen LogP contribution in [0.15, 0.2) is 79.4 Å². The number of carbonyl (C=O) groups is 2. The molecule has 0 unspecified atom stereocenters. The monoisotopic (exact) mass is 357 g/mol. The zero-order chi connectivity index (χ0) is 19.0. The Morgan fingerprint density at radius 2 is 1.56 bits per heavy atom. The largest absolute Gasteiger partial charge is 0.508 e. The van der Waals surface area contributed by atoms with Gasteiger partial charge in [-0.25, -0.2) is 14.0 Å². The number of aliphatic hydroxyl groups excluding tert-OH is 1. The third kappa shape index (κ3) is 2.95. The molecule has 0 spiro atoms. The summed E-state index contributed by atoms with van der Waals surface area (Å²) in [6.45, 7) is 3.45. The summed E-state index contributed by atoms with van der Waals surface area (Å²) < 4.78 is 6.84. The third-order valence-corrected chi connectivity index (χ3v) is 4.29. The molecule has 2 aromatic carbocycles. The van der Waals surface area contributed by atoms with Crippen molar-refractivity contribution in [1.29, 1.82) is 0 Å². The van der Waals surface area contributed by atoms with E-state index in [9.17, 15) is 14.7 Å². The molecule has 0 aromatic heterocycles. The van der Waals surface area contributed by atoms with Crippen molar-refractivity contribution in [3.8, 4) is 5.75 Å². The van der Waals surface area contributed by atoms with E-state index in [0.29, 0.717) is 28.4 Å². The molecule has 1 heterocycles. The van der Waals surface area contributed by atoms with Crippen LogP contribution in [0.4, 0.5) is 0 Å². The Morgan fingerprint density at radius 1 is 0.889 bits per heavy atom. The first kappa shape index (κ1) is 16.6. The number of rotatable bonds is 2. The summed E-state index contributed by atoms with van der Waals surface area (Å²) >= 11 is 0. The summed E-state index contributed by atoms with van der Waals surface area (Å²) in [5.74, 6) is 0.304. The maximum Gasteiger partial charge on any atom is 0.429 e. The topological polar surface area (TPSA) is 68.7 Å². The molecule has 2 aromatic rings. The van der Waals surface area contributed by atoms with Crippen LogP contribution in [-0.2, 0) is 4.42 Å². The quantitative estimate of drug-likeness (QED) is 0.293. The van der Waals surface area contributed by atoms with Crippen LogP contribution in [-0.4, -0.2) is 33.0 Å². The molecule has 0 fully saturated rings. The predicted molar refractivity (Wildman–Crippen MR) is 101 cm³/mol. The number of amides is 2. The van der Waals surface area contributed by atoms with Crippen LogP contribution < -0.4 is 0 Å². The summed E-state index contributed by atoms with van der Waals surface area (Å²) in [7, 11) is 0. The minimum absolute atomic E-state index is 0.154. The molecule has 130 valence electrons. The highest BCUT2D eigenvalue weighted by atomic mass is 16.4. The molecule has 27 heavy (non-hydrogen) atoms. The molecule has 0 radical (unpaired) electrons. The fourth-order valence-corrected chi connectivity index (χ4v) is 2.94. The number of nitrogens with zero attached hydrogens (tertiary/aromatic N) is 1. The molecule has 0 bridgehead atoms. The fourth-order valence-electron chi connectivity index (χ4n) is 2.94. The summed E-state index contributed by atoms with van der Waals surface area (Å²) in [5, 5.41) is 9.52. The highest BCUT2D eigenvalue weighted by molar-refractivity contribution is 6.22. The average Bonchev–Trinajstić information content (AvgIpc) is 2.93. The molecular formula is C22H15NO4+2. The molecule has 1 aliphatic carbocycles. The molecule has 0 saturated carbocycles. The number of imide groups is 1. The number of para-hydroxylation sites is 1. The van der Waals surface area contributed by atoms with Crippen LogP contribution >= 0.6 is 0 Å². The van der Waals surface area contributed by atoms with Gasteiger partial charge in [0.25, 0.3) is 0 Å². The lowest BCUT2D eigenvalue weighted by atomic mass is 10.1. The number of allylic oxidation sites excluding steroid dienone is 4. The standard InChI is InChI=1S/C22H14NO4/c1-14(24)15-7-12-19-20(13-15)22(26)23(21(19)25)16-8-10-18(11-9-16)27-17-5-3-2-4-6-17/h2-13H,1H2/q+1/p+1. The van der Waals surface area contributed by atoms with Gasteiger partial charge >= 0.3 is 23.3 Å². The molecule has 0 atom stereocenters. The molecule has 0 saturated heterocycles. The zero-order valence-corrected chi connectivity index (χ0v) is 14.3. The van der Waals surface area contributed by atoms with Crippen molar-refractivity contribution in [1.82, 2.24) is 0 Å². The van der Waals surface area contributed by atoms with Gasteiger partial charge < -0.3 is 5.11 Å². The Kier molecular flexibility index (Phi) is 3.97. The molecule has 4 rings (SSSR count). The van der Waals surface area contributed by atoms with E-state index < -0.39 is 11.8 Å². The van der Waals surface area contributed by atoms with E-state index in [1.54, 1.807) is 30.4 Å². The van der Waals surface area contributed by atoms with Gasteiger partial charge in [0.05, 0.1) is 0 Å². The van der Waals surface area contributed by atoms with E-state index in [-0.39, 0.29) is 11.3 Å². The average molecular weight is 357 g/mol. The van der Waals surface area contributed by atoms with Gasteiger partial charge in [0.2, 0.25) is 5.71 Å². The first-order chi connectivity index (χ1) is 13.0. The Bertz CT molecular complexity index is 1100. The molecule has 5 heteroatoms. The van der Waals surface area contributed by atoms with Crippen molar-refractivity contribution < 1.29 is 23.7 Å². The van der Waals surface area contributed by atoms with Crippen molar-refractivity contribution in [2.75, 3.05) is 0 Å². The van der Waals surface area contributed by atoms with E-state index in [4.69, 9.17) is 4.42 Å². The van der Waals surface area contributed by atoms with Crippen molar-refractivity contribution in [3.05, 3.63) is 96.1 Å². The third-order valence-electron chi connectivity index (χ3n) is 4.29. The summed E-state index contributed by atoms with van der Waals surface area (Å²) in [4.78, 5) is 25.4. The van der Waals surface area contributed by atoms with Gasteiger partial charge in [-0.3, -0.25) is 0 Å². The number of aliphatic hydroxyl groups is 1. The van der Waals surface area contributed by atoms with Crippen LogP contribution in [0.1, 0.15) is 26.3 Å². The minimum atomic E-state index is -0.435. The zero-order valence-electron chi connectivity index (χ0n) is 14.3. The maximum absolute atomic E-state index is 12.7. The molecule has 1 N–H and O–H groups in total. The van der Waals surface area contributed by atoms with Gasteiger partial charge in [0.1, 0.15) is 16.9 Å². The molecule has 1 aliphatic heterocycles. The van der Waals surface area contributed by atoms with Crippen LogP contribution in [0.5, 0.6) is 5.75 Å². The smallest absolute Gasteiger partial charge is 0.429 e. The number of carbonyl (C=O) groups excluding carboxylic acids is 3. The van der Waals surface area contributed by atoms with Gasteiger partial charge in [-0.05, 0) is 12.1 Å². The molecule has 5 nitrogen and oxygen atoms in total. The van der Waals surface area contributed by atoms with Gasteiger partial charge in [-0.1, -0.05) is 35.4 Å². The Balaban J connectivity index is 1.69. The minimum Gasteiger partial charge on any atom is -0.508 e. The van der Waals surface area contributed by atoms with E-state index >= 15 is 0 Å². The molecular weight excluding hydrogens is 342 g/mol. The van der Waals surface area contributed by atoms with Gasteiger partial charge in [-0.15, -0.1) is 0 Å². The Morgan fingerprint density at radius 3 is 2.22 bits per heavy atom. The first-order valence-electron chi connectivity index (χ1n) is 8.28. The normalized spacial score (nSPS) is 15.3. The van der Waals surface area contributed by atoms with Gasteiger partial charge in [0, 0.05) is 42.0 Å². The number of benzene rings is 2. The van der Waals surface area contributed by atoms with Crippen LogP contribution in [0.25, 0.3) is 5.76 Å². The van der Waals surface area contributed by atoms with E-state index in [0.717, 1.165) is 4.58 Å². The second-order valence-corrected chi connectivity index (χ2v) is 6.06. The Hall–Kier alpha value is -3.86. The van der Waals surface area contributed by atoms with Crippen LogP contribution in [0.3, 0.4) is 0 Å². The second-order valence-electron chi connectivity index (χ2n) is 6.06. The first-order valence-corrected chi connectivity index (χ1v) is 8.28. The number of ketones is 1. The summed E-state index contributed by atoms with van der Waals surface area (Å²) in [6, 6.07) is 13.9. The lowest BCUT2D eigenvalue weighted by Crippen LogP contribution is -2.26. The van der Waals surface area contributed by atoms with Crippen molar-refractivity contribution in [2.45, 2.75) is 0 Å². The van der Waals surface area contributed by atoms with E-state index in [1.807, 2.05) is 30.3 Å². The lowest BCUT2D eigenvalue weighted by molar-refractivity contribution is -0.364. The molecule has 2 aliphatic rings. The highest BCUT2D eigenvalue weighted by Crippen LogP contribution is 2.24. The number of hydrogen-bond donors (Lipinski definition) is 1. The van der Waals surface area contributed by atoms with Crippen molar-refractivity contribution >= 4 is 29.1 Å². The maximum atomic E-state index is 12.7. The SMILES string of the molecule is C=C(O)c1ccc2c(c1)C(=O)[N+](=C1C=CC(=[O+]c3ccccc3)C=C1)C2=O. The Labute approximate surface area is 155 Å². The van der Waals surface area contributed by atoms with Gasteiger partial charge in [-0.2, -0.15) is 0 Å². The van der Waals surface area contributed by atoms with Crippen molar-refractivity contribution in [2.24, 2.45) is 0 Å². The van der Waals surface area contributed by atoms with Crippen LogP contribution in [0.2, 0.25) is 0 Å². The lowest BCUT2D eigenvalue weighted by Gasteiger charge is -1.97. The summed E-state index contributed by atoms with van der Waals surface area (Å²) in [6.07, 6.45) is 6.72. The van der Waals surface area contributed by atoms with E-state index in [1.165, 1.54) is 12.1 Å². The van der Waals surface area contributed by atoms with E-state index in [2.05, 4.69) is 6.58 Å². The van der Waals surface area contributed by atoms with Crippen LogP contribution in [0, 0.1) is 0 Å².